The van der Waals surface area contributed by atoms with Gasteiger partial charge in [0.25, 0.3) is 0 Å². The fraction of sp³-hybridized carbons (Fsp3) is 0.455. The smallest absolute Gasteiger partial charge is 0.120 e. The predicted octanol–water partition coefficient (Wildman–Crippen LogP) is 2.19. The van der Waals surface area contributed by atoms with E-state index >= 15 is 0 Å². The van der Waals surface area contributed by atoms with Crippen LogP contribution in [-0.4, -0.2) is 5.11 Å². The highest BCUT2D eigenvalue weighted by Gasteiger charge is 2.25. The van der Waals surface area contributed by atoms with E-state index in [9.17, 15) is 5.11 Å². The Balaban J connectivity index is 2.09. The largest absolute Gasteiger partial charge is 0.508 e. The van der Waals surface area contributed by atoms with E-state index in [2.05, 4.69) is 0 Å². The van der Waals surface area contributed by atoms with Crippen molar-refractivity contribution in [3.63, 3.8) is 0 Å². The molecule has 0 spiro atoms. The lowest BCUT2D eigenvalue weighted by molar-refractivity contribution is 0.455. The van der Waals surface area contributed by atoms with Crippen LogP contribution in [0, 0.1) is 5.92 Å². The Morgan fingerprint density at radius 3 is 2.69 bits per heavy atom. The Labute approximate surface area is 78.4 Å². The molecule has 1 atom stereocenters. The van der Waals surface area contributed by atoms with E-state index in [0.717, 1.165) is 17.9 Å². The van der Waals surface area contributed by atoms with Crippen molar-refractivity contribution in [3.05, 3.63) is 29.8 Å². The minimum Gasteiger partial charge on any atom is -0.508 e. The maximum absolute atomic E-state index is 9.53. The molecule has 1 aliphatic carbocycles. The molecule has 0 unspecified atom stereocenters. The molecule has 0 radical (unpaired) electrons. The summed E-state index contributed by atoms with van der Waals surface area (Å²) in [6.07, 6.45) is 3.63. The minimum absolute atomic E-state index is 0.00806. The van der Waals surface area contributed by atoms with Crippen molar-refractivity contribution in [2.24, 2.45) is 11.7 Å². The third kappa shape index (κ3) is 2.01. The fourth-order valence-corrected chi connectivity index (χ4v) is 1.64. The van der Waals surface area contributed by atoms with Gasteiger partial charge in [0.15, 0.2) is 0 Å². The number of benzene rings is 1. The van der Waals surface area contributed by atoms with Crippen molar-refractivity contribution in [2.45, 2.75) is 25.3 Å². The second-order valence-corrected chi connectivity index (χ2v) is 3.84. The van der Waals surface area contributed by atoms with E-state index < -0.39 is 0 Å². The molecule has 0 aromatic heterocycles. The van der Waals surface area contributed by atoms with Crippen LogP contribution in [-0.2, 0) is 0 Å². The molecule has 0 amide bonds. The molecule has 0 bridgehead atoms. The van der Waals surface area contributed by atoms with Crippen LogP contribution in [0.25, 0.3) is 0 Å². The van der Waals surface area contributed by atoms with Gasteiger partial charge in [-0.25, -0.2) is 0 Å². The van der Waals surface area contributed by atoms with Crippen LogP contribution in [0.4, 0.5) is 0 Å². The first-order chi connectivity index (χ1) is 6.27. The monoisotopic (exact) mass is 177 g/mol. The van der Waals surface area contributed by atoms with Crippen molar-refractivity contribution in [1.82, 2.24) is 0 Å². The minimum atomic E-state index is 0.00806. The summed E-state index contributed by atoms with van der Waals surface area (Å²) in [5.74, 6) is 1.13. The van der Waals surface area contributed by atoms with Crippen LogP contribution in [0.3, 0.4) is 0 Å². The average Bonchev–Trinajstić information content (AvgIpc) is 2.89. The van der Waals surface area contributed by atoms with Gasteiger partial charge >= 0.3 is 0 Å². The van der Waals surface area contributed by atoms with Gasteiger partial charge in [-0.3, -0.25) is 0 Å². The summed E-state index contributed by atoms with van der Waals surface area (Å²) >= 11 is 0. The average molecular weight is 177 g/mol. The maximum Gasteiger partial charge on any atom is 0.120 e. The highest BCUT2D eigenvalue weighted by atomic mass is 16.3. The van der Waals surface area contributed by atoms with Gasteiger partial charge in [-0.05, 0) is 18.4 Å². The van der Waals surface area contributed by atoms with Crippen LogP contribution in [0.5, 0.6) is 5.75 Å². The summed E-state index contributed by atoms with van der Waals surface area (Å²) < 4.78 is 0. The molecular weight excluding hydrogens is 162 g/mol. The number of phenolic OH excluding ortho intramolecular Hbond substituents is 1. The molecule has 2 heteroatoms. The number of para-hydroxylation sites is 1. The molecule has 13 heavy (non-hydrogen) atoms. The summed E-state index contributed by atoms with van der Waals surface area (Å²) in [7, 11) is 0. The first-order valence-electron chi connectivity index (χ1n) is 4.81. The molecule has 0 heterocycles. The highest BCUT2D eigenvalue weighted by molar-refractivity contribution is 5.34. The summed E-state index contributed by atoms with van der Waals surface area (Å²) in [6, 6.07) is 7.35. The van der Waals surface area contributed by atoms with Gasteiger partial charge in [-0.2, -0.15) is 0 Å². The van der Waals surface area contributed by atoms with Gasteiger partial charge in [0.05, 0.1) is 0 Å². The number of nitrogens with two attached hydrogens (primary N) is 1. The summed E-state index contributed by atoms with van der Waals surface area (Å²) in [4.78, 5) is 0. The van der Waals surface area contributed by atoms with Crippen molar-refractivity contribution in [3.8, 4) is 5.75 Å². The molecule has 2 nitrogen and oxygen atoms in total. The lowest BCUT2D eigenvalue weighted by Gasteiger charge is -2.12. The van der Waals surface area contributed by atoms with Gasteiger partial charge in [0.1, 0.15) is 5.75 Å². The second kappa shape index (κ2) is 3.38. The maximum atomic E-state index is 9.53. The number of hydrogen-bond acceptors (Lipinski definition) is 2. The van der Waals surface area contributed by atoms with Crippen LogP contribution in [0.15, 0.2) is 24.3 Å². The number of rotatable bonds is 3. The van der Waals surface area contributed by atoms with E-state index in [1.54, 1.807) is 6.07 Å². The van der Waals surface area contributed by atoms with Gasteiger partial charge < -0.3 is 10.8 Å². The van der Waals surface area contributed by atoms with Gasteiger partial charge in [0.2, 0.25) is 0 Å². The van der Waals surface area contributed by atoms with Crippen molar-refractivity contribution >= 4 is 0 Å². The number of phenols is 1. The van der Waals surface area contributed by atoms with Gasteiger partial charge in [-0.1, -0.05) is 31.0 Å². The molecule has 2 rings (SSSR count). The lowest BCUT2D eigenvalue weighted by atomic mass is 10.0. The molecule has 0 aliphatic heterocycles. The van der Waals surface area contributed by atoms with Crippen LogP contribution >= 0.6 is 0 Å². The molecule has 1 aromatic rings. The Hall–Kier alpha value is -1.02. The van der Waals surface area contributed by atoms with Crippen LogP contribution < -0.4 is 5.73 Å². The van der Waals surface area contributed by atoms with E-state index in [1.165, 1.54) is 12.8 Å². The third-order valence-electron chi connectivity index (χ3n) is 2.62. The SMILES string of the molecule is N[C@H](CC1CC1)c1ccccc1O. The lowest BCUT2D eigenvalue weighted by Crippen LogP contribution is -2.10. The fourth-order valence-electron chi connectivity index (χ4n) is 1.64. The van der Waals surface area contributed by atoms with E-state index in [0.29, 0.717) is 5.75 Å². The number of hydrogen-bond donors (Lipinski definition) is 2. The standard InChI is InChI=1S/C11H15NO/c12-10(7-8-5-6-8)9-3-1-2-4-11(9)13/h1-4,8,10,13H,5-7,12H2/t10-/m1/s1. The molecule has 1 fully saturated rings. The zero-order valence-electron chi connectivity index (χ0n) is 7.61. The highest BCUT2D eigenvalue weighted by Crippen LogP contribution is 2.38. The molecular formula is C11H15NO. The Morgan fingerprint density at radius 1 is 1.38 bits per heavy atom. The van der Waals surface area contributed by atoms with Crippen molar-refractivity contribution in [1.29, 1.82) is 0 Å². The van der Waals surface area contributed by atoms with E-state index in [-0.39, 0.29) is 6.04 Å². The van der Waals surface area contributed by atoms with Crippen molar-refractivity contribution in [2.75, 3.05) is 0 Å². The van der Waals surface area contributed by atoms with Crippen LogP contribution in [0.2, 0.25) is 0 Å². The van der Waals surface area contributed by atoms with Crippen LogP contribution in [0.1, 0.15) is 30.9 Å². The quantitative estimate of drug-likeness (QED) is 0.743. The molecule has 1 aromatic carbocycles. The summed E-state index contributed by atoms with van der Waals surface area (Å²) in [5.41, 5.74) is 6.86. The second-order valence-electron chi connectivity index (χ2n) is 3.84. The molecule has 3 N–H and O–H groups in total. The van der Waals surface area contributed by atoms with Gasteiger partial charge in [-0.15, -0.1) is 0 Å². The van der Waals surface area contributed by atoms with Crippen molar-refractivity contribution < 1.29 is 5.11 Å². The topological polar surface area (TPSA) is 46.2 Å². The normalized spacial score (nSPS) is 18.5. The predicted molar refractivity (Wildman–Crippen MR) is 52.4 cm³/mol. The first-order valence-corrected chi connectivity index (χ1v) is 4.81. The molecule has 0 saturated heterocycles. The molecule has 1 saturated carbocycles. The Kier molecular flexibility index (Phi) is 2.23. The summed E-state index contributed by atoms with van der Waals surface area (Å²) in [5, 5.41) is 9.53. The number of aromatic hydroxyl groups is 1. The van der Waals surface area contributed by atoms with E-state index in [4.69, 9.17) is 5.73 Å². The molecule has 70 valence electrons. The van der Waals surface area contributed by atoms with E-state index in [1.807, 2.05) is 18.2 Å². The summed E-state index contributed by atoms with van der Waals surface area (Å²) in [6.45, 7) is 0. The first kappa shape index (κ1) is 8.57. The Morgan fingerprint density at radius 2 is 2.08 bits per heavy atom. The Bertz CT molecular complexity index is 294. The van der Waals surface area contributed by atoms with Gasteiger partial charge in [0, 0.05) is 11.6 Å². The zero-order chi connectivity index (χ0) is 9.26. The third-order valence-corrected chi connectivity index (χ3v) is 2.62. The molecule has 1 aliphatic rings. The zero-order valence-corrected chi connectivity index (χ0v) is 7.61.